The number of carbonyl (C=O) groups excluding carboxylic acids is 2. The zero-order valence-corrected chi connectivity index (χ0v) is 16.6. The van der Waals surface area contributed by atoms with Crippen LogP contribution in [0.5, 0.6) is 11.6 Å². The van der Waals surface area contributed by atoms with Crippen LogP contribution in [0.1, 0.15) is 24.5 Å². The topological polar surface area (TPSA) is 84.8 Å². The van der Waals surface area contributed by atoms with Crippen molar-refractivity contribution in [3.05, 3.63) is 44.5 Å². The van der Waals surface area contributed by atoms with Crippen LogP contribution in [-0.4, -0.2) is 39.7 Å². The third-order valence-corrected chi connectivity index (χ3v) is 4.72. The molecule has 0 bridgehead atoms. The first-order valence-corrected chi connectivity index (χ1v) is 9.01. The third kappa shape index (κ3) is 4.05. The minimum atomic E-state index is -0.407. The van der Waals surface area contributed by atoms with Gasteiger partial charge in [0.1, 0.15) is 5.71 Å². The molecule has 1 aliphatic rings. The van der Waals surface area contributed by atoms with Gasteiger partial charge in [0, 0.05) is 18.7 Å². The van der Waals surface area contributed by atoms with Gasteiger partial charge in [-0.2, -0.15) is 5.10 Å². The minimum absolute atomic E-state index is 0.104. The molecule has 1 aromatic carbocycles. The summed E-state index contributed by atoms with van der Waals surface area (Å²) in [7, 11) is 1.47. The zero-order chi connectivity index (χ0) is 19.7. The highest BCUT2D eigenvalue weighted by Gasteiger charge is 2.27. The van der Waals surface area contributed by atoms with E-state index in [4.69, 9.17) is 39.5 Å². The van der Waals surface area contributed by atoms with Crippen molar-refractivity contribution in [3.8, 4) is 11.6 Å². The maximum absolute atomic E-state index is 12.1. The molecule has 0 saturated heterocycles. The van der Waals surface area contributed by atoms with Gasteiger partial charge in [-0.05, 0) is 24.1 Å². The van der Waals surface area contributed by atoms with E-state index in [9.17, 15) is 9.59 Å². The van der Waals surface area contributed by atoms with Gasteiger partial charge in [-0.25, -0.2) is 5.01 Å². The number of nitrogens with zero attached hydrogens (tertiary/aromatic N) is 4. The van der Waals surface area contributed by atoms with Crippen LogP contribution in [0, 0.1) is 0 Å². The summed E-state index contributed by atoms with van der Waals surface area (Å²) in [6.07, 6.45) is 0.391. The Hall–Kier alpha value is -2.22. The zero-order valence-electron chi connectivity index (χ0n) is 14.3. The molecule has 0 radical (unpaired) electrons. The summed E-state index contributed by atoms with van der Waals surface area (Å²) in [5.41, 5.74) is 1.26. The molecule has 140 valence electrons. The predicted octanol–water partition coefficient (Wildman–Crippen LogP) is 3.93. The summed E-state index contributed by atoms with van der Waals surface area (Å²) in [4.78, 5) is 23.7. The summed E-state index contributed by atoms with van der Waals surface area (Å²) in [5, 5.41) is 13.4. The number of Topliss-reactive ketones (excluding diaryl/α,β-unsaturated/α-hetero) is 1. The van der Waals surface area contributed by atoms with Gasteiger partial charge in [-0.1, -0.05) is 41.7 Å². The van der Waals surface area contributed by atoms with Crippen LogP contribution in [0.3, 0.4) is 0 Å². The van der Waals surface area contributed by atoms with Crippen LogP contribution in [-0.2, 0) is 16.0 Å². The largest absolute Gasteiger partial charge is 0.434 e. The number of hydrogen-bond acceptors (Lipinski definition) is 6. The summed E-state index contributed by atoms with van der Waals surface area (Å²) in [6.45, 7) is 1.92. The molecule has 0 unspecified atom stereocenters. The van der Waals surface area contributed by atoms with Gasteiger partial charge in [-0.3, -0.25) is 9.59 Å². The van der Waals surface area contributed by atoms with Crippen LogP contribution in [0.25, 0.3) is 0 Å². The lowest BCUT2D eigenvalue weighted by molar-refractivity contribution is -0.133. The first-order chi connectivity index (χ1) is 12.8. The highest BCUT2D eigenvalue weighted by Crippen LogP contribution is 2.37. The van der Waals surface area contributed by atoms with Crippen LogP contribution >= 0.6 is 34.8 Å². The molecular formula is C17H13Cl3N4O3. The molecule has 7 nitrogen and oxygen atoms in total. The minimum Gasteiger partial charge on any atom is -0.434 e. The first kappa shape index (κ1) is 19.5. The molecule has 1 aliphatic heterocycles. The Labute approximate surface area is 169 Å². The van der Waals surface area contributed by atoms with Crippen molar-refractivity contribution < 1.29 is 14.3 Å². The van der Waals surface area contributed by atoms with E-state index in [-0.39, 0.29) is 39.7 Å². The van der Waals surface area contributed by atoms with Gasteiger partial charge in [0.15, 0.2) is 16.7 Å². The molecule has 0 aliphatic carbocycles. The molecule has 0 spiro atoms. The number of hydrazone groups is 1. The number of benzene rings is 1. The molecule has 27 heavy (non-hydrogen) atoms. The lowest BCUT2D eigenvalue weighted by atomic mass is 10.0. The fourth-order valence-corrected chi connectivity index (χ4v) is 3.20. The molecule has 0 fully saturated rings. The number of rotatable bonds is 4. The van der Waals surface area contributed by atoms with Gasteiger partial charge in [0.05, 0.1) is 16.5 Å². The van der Waals surface area contributed by atoms with E-state index >= 15 is 0 Å². The van der Waals surface area contributed by atoms with Gasteiger partial charge in [0.2, 0.25) is 11.8 Å². The van der Waals surface area contributed by atoms with E-state index in [0.29, 0.717) is 17.1 Å². The molecule has 0 saturated carbocycles. The summed E-state index contributed by atoms with van der Waals surface area (Å²) in [6, 6.07) is 4.63. The Morgan fingerprint density at radius 1 is 1.11 bits per heavy atom. The highest BCUT2D eigenvalue weighted by molar-refractivity contribution is 6.50. The lowest BCUT2D eigenvalue weighted by Crippen LogP contribution is -2.35. The van der Waals surface area contributed by atoms with E-state index in [0.717, 1.165) is 10.6 Å². The van der Waals surface area contributed by atoms with E-state index in [1.807, 2.05) is 6.92 Å². The first-order valence-electron chi connectivity index (χ1n) is 7.87. The quantitative estimate of drug-likeness (QED) is 0.690. The molecular weight excluding hydrogens is 415 g/mol. The summed E-state index contributed by atoms with van der Waals surface area (Å²) >= 11 is 18.5. The maximum atomic E-state index is 12.1. The average Bonchev–Trinajstić information content (AvgIpc) is 2.62. The van der Waals surface area contributed by atoms with Gasteiger partial charge in [0.25, 0.3) is 0 Å². The van der Waals surface area contributed by atoms with E-state index < -0.39 is 5.78 Å². The fraction of sp³-hybridized carbons (Fsp3) is 0.235. The van der Waals surface area contributed by atoms with Crippen molar-refractivity contribution in [1.82, 2.24) is 15.2 Å². The van der Waals surface area contributed by atoms with Crippen LogP contribution in [0.4, 0.5) is 0 Å². The van der Waals surface area contributed by atoms with E-state index in [1.165, 1.54) is 19.2 Å². The number of hydrogen-bond donors (Lipinski definition) is 0. The standard InChI is InChI=1S/C17H13Cl3N4O3/c1-3-8-6-13(21-22-17(8)20)27-16-10(18)4-9(5-11(16)19)15-12(25)7-14(26)24(2)23-15/h4-6H,3,7H2,1-2H3. The van der Waals surface area contributed by atoms with Crippen molar-refractivity contribution in [3.63, 3.8) is 0 Å². The molecule has 2 heterocycles. The highest BCUT2D eigenvalue weighted by atomic mass is 35.5. The Balaban J connectivity index is 1.95. The van der Waals surface area contributed by atoms with Crippen molar-refractivity contribution >= 4 is 52.2 Å². The molecule has 1 aromatic heterocycles. The second-order valence-electron chi connectivity index (χ2n) is 5.69. The monoisotopic (exact) mass is 426 g/mol. The summed E-state index contributed by atoms with van der Waals surface area (Å²) in [5.74, 6) is -0.442. The van der Waals surface area contributed by atoms with Crippen molar-refractivity contribution in [1.29, 1.82) is 0 Å². The molecule has 1 amide bonds. The van der Waals surface area contributed by atoms with Crippen LogP contribution < -0.4 is 4.74 Å². The maximum Gasteiger partial charge on any atom is 0.250 e. The number of amides is 1. The second-order valence-corrected chi connectivity index (χ2v) is 6.86. The van der Waals surface area contributed by atoms with Crippen LogP contribution in [0.15, 0.2) is 23.3 Å². The van der Waals surface area contributed by atoms with Gasteiger partial charge < -0.3 is 4.74 Å². The summed E-state index contributed by atoms with van der Waals surface area (Å²) < 4.78 is 5.66. The number of ether oxygens (including phenoxy) is 1. The van der Waals surface area contributed by atoms with Crippen molar-refractivity contribution in [2.75, 3.05) is 7.05 Å². The van der Waals surface area contributed by atoms with Crippen molar-refractivity contribution in [2.45, 2.75) is 19.8 Å². The Morgan fingerprint density at radius 2 is 1.78 bits per heavy atom. The SMILES string of the molecule is CCc1cc(Oc2c(Cl)cc(C3=NN(C)C(=O)CC3=O)cc2Cl)nnc1Cl. The van der Waals surface area contributed by atoms with E-state index in [1.54, 1.807) is 6.07 Å². The number of ketones is 1. The number of halogens is 3. The average molecular weight is 428 g/mol. The molecule has 0 N–H and O–H groups in total. The molecule has 2 aromatic rings. The Bertz CT molecular complexity index is 955. The normalized spacial score (nSPS) is 14.4. The van der Waals surface area contributed by atoms with Crippen molar-refractivity contribution in [2.24, 2.45) is 5.10 Å². The molecule has 3 rings (SSSR count). The second kappa shape index (κ2) is 7.80. The van der Waals surface area contributed by atoms with Gasteiger partial charge in [-0.15, -0.1) is 10.2 Å². The molecule has 10 heteroatoms. The lowest BCUT2D eigenvalue weighted by Gasteiger charge is -2.19. The molecule has 0 atom stereocenters. The number of aryl methyl sites for hydroxylation is 1. The Kier molecular flexibility index (Phi) is 5.64. The smallest absolute Gasteiger partial charge is 0.250 e. The third-order valence-electron chi connectivity index (χ3n) is 3.85. The van der Waals surface area contributed by atoms with Gasteiger partial charge >= 0.3 is 0 Å². The fourth-order valence-electron chi connectivity index (χ4n) is 2.41. The number of aromatic nitrogens is 2. The predicted molar refractivity (Wildman–Crippen MR) is 102 cm³/mol. The Morgan fingerprint density at radius 3 is 2.41 bits per heavy atom. The van der Waals surface area contributed by atoms with E-state index in [2.05, 4.69) is 15.3 Å². The van der Waals surface area contributed by atoms with Crippen LogP contribution in [0.2, 0.25) is 15.2 Å². The number of carbonyl (C=O) groups is 2.